The summed E-state index contributed by atoms with van der Waals surface area (Å²) >= 11 is 11.5. The van der Waals surface area contributed by atoms with Crippen LogP contribution in [0.15, 0.2) is 18.2 Å². The number of hydrogen-bond acceptors (Lipinski definition) is 3. The fraction of sp³-hybridized carbons (Fsp3) is 0.167. The summed E-state index contributed by atoms with van der Waals surface area (Å²) < 4.78 is 44.4. The average molecular weight is 339 g/mol. The molecule has 0 aliphatic carbocycles. The van der Waals surface area contributed by atoms with Crippen LogP contribution in [-0.2, 0) is 13.2 Å². The Balaban J connectivity index is 2.49. The third kappa shape index (κ3) is 3.30. The van der Waals surface area contributed by atoms with Crippen LogP contribution in [-0.4, -0.2) is 16.1 Å². The molecule has 112 valence electrons. The summed E-state index contributed by atoms with van der Waals surface area (Å²) in [5.74, 6) is -0.261. The molecule has 4 nitrogen and oxygen atoms in total. The molecule has 2 rings (SSSR count). The molecule has 0 atom stereocenters. The Hall–Kier alpha value is -1.73. The lowest BCUT2D eigenvalue weighted by Gasteiger charge is -2.07. The number of nitrogens with zero attached hydrogens (tertiary/aromatic N) is 2. The first-order chi connectivity index (χ1) is 9.72. The largest absolute Gasteiger partial charge is 0.438 e. The van der Waals surface area contributed by atoms with Crippen LogP contribution in [0.2, 0.25) is 10.0 Å². The summed E-state index contributed by atoms with van der Waals surface area (Å²) in [7, 11) is 1.23. The highest BCUT2D eigenvalue weighted by Gasteiger charge is 2.39. The van der Waals surface area contributed by atoms with E-state index in [1.54, 1.807) is 0 Å². The summed E-state index contributed by atoms with van der Waals surface area (Å²) in [5.41, 5.74) is -2.01. The minimum Gasteiger partial charge on any atom is -0.438 e. The first kappa shape index (κ1) is 15.7. The number of halogens is 5. The maximum atomic E-state index is 12.8. The molecule has 0 aliphatic heterocycles. The predicted molar refractivity (Wildman–Crippen MR) is 70.1 cm³/mol. The average Bonchev–Trinajstić information content (AvgIpc) is 2.65. The van der Waals surface area contributed by atoms with Crippen molar-refractivity contribution in [1.82, 2.24) is 9.78 Å². The van der Waals surface area contributed by atoms with E-state index in [1.807, 2.05) is 0 Å². The smallest absolute Gasteiger partial charge is 0.436 e. The molecule has 0 amide bonds. The summed E-state index contributed by atoms with van der Waals surface area (Å²) in [6, 6.07) is 4.13. The molecule has 1 heterocycles. The molecule has 0 bridgehead atoms. The Kier molecular flexibility index (Phi) is 4.15. The fourth-order valence-electron chi connectivity index (χ4n) is 1.66. The SMILES string of the molecule is Cn1nc(C(F)(F)F)c(C=O)c1Oc1cc(Cl)cc(Cl)c1. The van der Waals surface area contributed by atoms with E-state index in [2.05, 4.69) is 5.10 Å². The third-order valence-electron chi connectivity index (χ3n) is 2.47. The number of carbonyl (C=O) groups excluding carboxylic acids is 1. The number of aldehydes is 1. The van der Waals surface area contributed by atoms with Crippen molar-refractivity contribution < 1.29 is 22.7 Å². The summed E-state index contributed by atoms with van der Waals surface area (Å²) in [5, 5.41) is 3.74. The maximum absolute atomic E-state index is 12.8. The van der Waals surface area contributed by atoms with Gasteiger partial charge >= 0.3 is 6.18 Å². The van der Waals surface area contributed by atoms with E-state index in [1.165, 1.54) is 25.2 Å². The standard InChI is InChI=1S/C12H7Cl2F3N2O2/c1-19-11(9(5-20)10(18-19)12(15,16)17)21-8-3-6(13)2-7(14)4-8/h2-5H,1H3. The topological polar surface area (TPSA) is 44.1 Å². The number of aryl methyl sites for hydroxylation is 1. The fourth-order valence-corrected chi connectivity index (χ4v) is 2.17. The van der Waals surface area contributed by atoms with E-state index in [0.29, 0.717) is 0 Å². The van der Waals surface area contributed by atoms with Gasteiger partial charge in [-0.05, 0) is 18.2 Å². The molecule has 0 spiro atoms. The normalized spacial score (nSPS) is 11.5. The Bertz CT molecular complexity index is 678. The van der Waals surface area contributed by atoms with Gasteiger partial charge in [-0.2, -0.15) is 18.3 Å². The molecule has 0 aliphatic rings. The minimum absolute atomic E-state index is 0.0390. The number of benzene rings is 1. The third-order valence-corrected chi connectivity index (χ3v) is 2.90. The zero-order chi connectivity index (χ0) is 15.8. The molecular formula is C12H7Cl2F3N2O2. The highest BCUT2D eigenvalue weighted by molar-refractivity contribution is 6.34. The van der Waals surface area contributed by atoms with Gasteiger partial charge in [0.25, 0.3) is 0 Å². The second-order valence-electron chi connectivity index (χ2n) is 4.01. The van der Waals surface area contributed by atoms with Crippen molar-refractivity contribution in [2.45, 2.75) is 6.18 Å². The summed E-state index contributed by atoms with van der Waals surface area (Å²) in [6.45, 7) is 0. The molecule has 0 radical (unpaired) electrons. The molecule has 21 heavy (non-hydrogen) atoms. The molecule has 1 aromatic heterocycles. The molecular weight excluding hydrogens is 332 g/mol. The molecule has 1 aromatic carbocycles. The molecule has 0 saturated carbocycles. The van der Waals surface area contributed by atoms with Gasteiger partial charge in [-0.15, -0.1) is 0 Å². The highest BCUT2D eigenvalue weighted by atomic mass is 35.5. The summed E-state index contributed by atoms with van der Waals surface area (Å²) in [4.78, 5) is 10.9. The molecule has 0 fully saturated rings. The van der Waals surface area contributed by atoms with Gasteiger partial charge in [-0.3, -0.25) is 4.79 Å². The van der Waals surface area contributed by atoms with Crippen molar-refractivity contribution in [2.75, 3.05) is 0 Å². The Morgan fingerprint density at radius 3 is 2.29 bits per heavy atom. The van der Waals surface area contributed by atoms with E-state index < -0.39 is 17.4 Å². The number of alkyl halides is 3. The van der Waals surface area contributed by atoms with Crippen LogP contribution in [0.3, 0.4) is 0 Å². The number of rotatable bonds is 3. The first-order valence-electron chi connectivity index (χ1n) is 5.45. The lowest BCUT2D eigenvalue weighted by Crippen LogP contribution is -2.09. The molecule has 0 N–H and O–H groups in total. The zero-order valence-corrected chi connectivity index (χ0v) is 11.9. The lowest BCUT2D eigenvalue weighted by molar-refractivity contribution is -0.141. The number of ether oxygens (including phenoxy) is 1. The first-order valence-corrected chi connectivity index (χ1v) is 6.21. The van der Waals surface area contributed by atoms with Crippen molar-refractivity contribution in [2.24, 2.45) is 7.05 Å². The zero-order valence-electron chi connectivity index (χ0n) is 10.4. The van der Waals surface area contributed by atoms with Gasteiger partial charge in [0.15, 0.2) is 12.0 Å². The van der Waals surface area contributed by atoms with E-state index in [-0.39, 0.29) is 28.0 Å². The maximum Gasteiger partial charge on any atom is 0.436 e. The van der Waals surface area contributed by atoms with Crippen LogP contribution in [0.25, 0.3) is 0 Å². The van der Waals surface area contributed by atoms with Gasteiger partial charge in [-0.1, -0.05) is 23.2 Å². The van der Waals surface area contributed by atoms with Crippen LogP contribution >= 0.6 is 23.2 Å². The highest BCUT2D eigenvalue weighted by Crippen LogP contribution is 2.36. The Morgan fingerprint density at radius 2 is 1.81 bits per heavy atom. The molecule has 0 saturated heterocycles. The van der Waals surface area contributed by atoms with Crippen molar-refractivity contribution >= 4 is 29.5 Å². The van der Waals surface area contributed by atoms with Gasteiger partial charge < -0.3 is 4.74 Å². The van der Waals surface area contributed by atoms with E-state index in [9.17, 15) is 18.0 Å². The summed E-state index contributed by atoms with van der Waals surface area (Å²) in [6.07, 6.45) is -4.72. The monoisotopic (exact) mass is 338 g/mol. The van der Waals surface area contributed by atoms with E-state index in [4.69, 9.17) is 27.9 Å². The molecule has 9 heteroatoms. The van der Waals surface area contributed by atoms with Crippen LogP contribution in [0.5, 0.6) is 11.6 Å². The van der Waals surface area contributed by atoms with E-state index in [0.717, 1.165) is 4.68 Å². The minimum atomic E-state index is -4.76. The molecule has 0 unspecified atom stereocenters. The second-order valence-corrected chi connectivity index (χ2v) is 4.89. The number of carbonyl (C=O) groups is 1. The molecule has 2 aromatic rings. The Labute approximate surface area is 127 Å². The Morgan fingerprint density at radius 1 is 1.24 bits per heavy atom. The van der Waals surface area contributed by atoms with Gasteiger partial charge in [-0.25, -0.2) is 4.68 Å². The lowest BCUT2D eigenvalue weighted by atomic mass is 10.2. The van der Waals surface area contributed by atoms with Crippen molar-refractivity contribution in [1.29, 1.82) is 0 Å². The van der Waals surface area contributed by atoms with Gasteiger partial charge in [0.2, 0.25) is 5.88 Å². The van der Waals surface area contributed by atoms with Gasteiger partial charge in [0.1, 0.15) is 11.3 Å². The van der Waals surface area contributed by atoms with Crippen LogP contribution in [0.4, 0.5) is 13.2 Å². The van der Waals surface area contributed by atoms with Crippen LogP contribution in [0, 0.1) is 0 Å². The van der Waals surface area contributed by atoms with Crippen molar-refractivity contribution in [3.63, 3.8) is 0 Å². The number of aromatic nitrogens is 2. The quantitative estimate of drug-likeness (QED) is 0.781. The van der Waals surface area contributed by atoms with Crippen molar-refractivity contribution in [3.8, 4) is 11.6 Å². The number of hydrogen-bond donors (Lipinski definition) is 0. The van der Waals surface area contributed by atoms with Crippen molar-refractivity contribution in [3.05, 3.63) is 39.5 Å². The van der Waals surface area contributed by atoms with Crippen LogP contribution < -0.4 is 4.74 Å². The van der Waals surface area contributed by atoms with Gasteiger partial charge in [0, 0.05) is 17.1 Å². The predicted octanol–water partition coefficient (Wildman–Crippen LogP) is 4.35. The second kappa shape index (κ2) is 5.57. The van der Waals surface area contributed by atoms with Crippen LogP contribution in [0.1, 0.15) is 16.1 Å². The van der Waals surface area contributed by atoms with E-state index >= 15 is 0 Å². The van der Waals surface area contributed by atoms with Gasteiger partial charge in [0.05, 0.1) is 0 Å².